The molecule has 19 heavy (non-hydrogen) atoms. The van der Waals surface area contributed by atoms with Gasteiger partial charge in [-0.2, -0.15) is 4.57 Å². The van der Waals surface area contributed by atoms with Crippen LogP contribution in [0, 0.1) is 0 Å². The van der Waals surface area contributed by atoms with E-state index in [1.165, 1.54) is 12.3 Å². The first-order valence-corrected chi connectivity index (χ1v) is 5.63. The van der Waals surface area contributed by atoms with Crippen LogP contribution in [-0.2, 0) is 7.05 Å². The SMILES string of the molecule is COc1cccc(-c2cc(C(=O)O)c(O)c[n+]2C)c1. The average molecular weight is 260 g/mol. The van der Waals surface area contributed by atoms with Crippen molar-refractivity contribution in [3.05, 3.63) is 42.1 Å². The molecule has 0 saturated heterocycles. The van der Waals surface area contributed by atoms with Crippen LogP contribution in [-0.4, -0.2) is 23.3 Å². The third-order valence-corrected chi connectivity index (χ3v) is 2.85. The predicted molar refractivity (Wildman–Crippen MR) is 68.2 cm³/mol. The van der Waals surface area contributed by atoms with Gasteiger partial charge in [0.05, 0.1) is 7.11 Å². The van der Waals surface area contributed by atoms with Gasteiger partial charge in [0, 0.05) is 11.6 Å². The first-order chi connectivity index (χ1) is 9.02. The second kappa shape index (κ2) is 4.97. The Labute approximate surface area is 110 Å². The zero-order chi connectivity index (χ0) is 14.0. The number of rotatable bonds is 3. The number of carboxylic acids is 1. The number of carboxylic acid groups (broad SMARTS) is 1. The van der Waals surface area contributed by atoms with E-state index < -0.39 is 5.97 Å². The lowest BCUT2D eigenvalue weighted by atomic mass is 10.1. The van der Waals surface area contributed by atoms with Gasteiger partial charge in [-0.25, -0.2) is 4.79 Å². The van der Waals surface area contributed by atoms with Crippen molar-refractivity contribution in [1.82, 2.24) is 0 Å². The van der Waals surface area contributed by atoms with E-state index in [0.29, 0.717) is 11.4 Å². The molecule has 0 aliphatic carbocycles. The zero-order valence-corrected chi connectivity index (χ0v) is 10.6. The van der Waals surface area contributed by atoms with E-state index in [2.05, 4.69) is 0 Å². The number of aromatic hydroxyl groups is 1. The number of aromatic carboxylic acids is 1. The van der Waals surface area contributed by atoms with Crippen LogP contribution in [0.15, 0.2) is 36.5 Å². The fourth-order valence-electron chi connectivity index (χ4n) is 1.88. The van der Waals surface area contributed by atoms with Crippen molar-refractivity contribution in [1.29, 1.82) is 0 Å². The fourth-order valence-corrected chi connectivity index (χ4v) is 1.88. The van der Waals surface area contributed by atoms with Crippen molar-refractivity contribution in [3.63, 3.8) is 0 Å². The summed E-state index contributed by atoms with van der Waals surface area (Å²) in [7, 11) is 3.30. The molecule has 0 aliphatic heterocycles. The standard InChI is InChI=1S/C14H13NO4/c1-15-8-13(16)11(14(17)18)7-12(15)9-4-3-5-10(6-9)19-2/h3-8H,1-2H3,(H-,16,17,18)/p+1. The maximum atomic E-state index is 11.0. The first kappa shape index (κ1) is 12.9. The number of methoxy groups -OCH3 is 1. The van der Waals surface area contributed by atoms with Gasteiger partial charge in [0.2, 0.25) is 11.9 Å². The molecular formula is C14H14NO4+. The lowest BCUT2D eigenvalue weighted by molar-refractivity contribution is -0.660. The van der Waals surface area contributed by atoms with Crippen LogP contribution in [0.3, 0.4) is 0 Å². The van der Waals surface area contributed by atoms with Crippen molar-refractivity contribution < 1.29 is 24.3 Å². The molecule has 98 valence electrons. The molecule has 0 fully saturated rings. The van der Waals surface area contributed by atoms with Crippen molar-refractivity contribution in [2.24, 2.45) is 7.05 Å². The highest BCUT2D eigenvalue weighted by molar-refractivity contribution is 5.91. The Morgan fingerprint density at radius 1 is 1.32 bits per heavy atom. The Morgan fingerprint density at radius 3 is 2.68 bits per heavy atom. The largest absolute Gasteiger partial charge is 0.502 e. The molecule has 0 bridgehead atoms. The van der Waals surface area contributed by atoms with Crippen LogP contribution in [0.2, 0.25) is 0 Å². The Kier molecular flexibility index (Phi) is 3.37. The van der Waals surface area contributed by atoms with Crippen LogP contribution in [0.5, 0.6) is 11.5 Å². The minimum absolute atomic E-state index is 0.129. The molecule has 5 nitrogen and oxygen atoms in total. The van der Waals surface area contributed by atoms with E-state index in [9.17, 15) is 9.90 Å². The molecule has 5 heteroatoms. The van der Waals surface area contributed by atoms with E-state index in [1.807, 2.05) is 18.2 Å². The topological polar surface area (TPSA) is 70.6 Å². The first-order valence-electron chi connectivity index (χ1n) is 5.63. The molecule has 1 aromatic heterocycles. The Bertz CT molecular complexity index is 637. The van der Waals surface area contributed by atoms with E-state index >= 15 is 0 Å². The molecule has 0 amide bonds. The zero-order valence-electron chi connectivity index (χ0n) is 10.6. The summed E-state index contributed by atoms with van der Waals surface area (Å²) in [6.07, 6.45) is 1.37. The van der Waals surface area contributed by atoms with Crippen LogP contribution in [0.4, 0.5) is 0 Å². The Balaban J connectivity index is 2.61. The number of aromatic nitrogens is 1. The molecule has 0 unspecified atom stereocenters. The van der Waals surface area contributed by atoms with Crippen molar-refractivity contribution in [2.75, 3.05) is 7.11 Å². The third kappa shape index (κ3) is 2.49. The molecule has 0 radical (unpaired) electrons. The van der Waals surface area contributed by atoms with Crippen LogP contribution < -0.4 is 9.30 Å². The number of benzene rings is 1. The second-order valence-corrected chi connectivity index (χ2v) is 4.11. The summed E-state index contributed by atoms with van der Waals surface area (Å²) >= 11 is 0. The molecular weight excluding hydrogens is 246 g/mol. The van der Waals surface area contributed by atoms with E-state index in [1.54, 1.807) is 24.8 Å². The molecule has 0 atom stereocenters. The van der Waals surface area contributed by atoms with Crippen LogP contribution in [0.25, 0.3) is 11.3 Å². The number of ether oxygens (including phenoxy) is 1. The van der Waals surface area contributed by atoms with Gasteiger partial charge in [-0.15, -0.1) is 0 Å². The number of pyridine rings is 1. The summed E-state index contributed by atoms with van der Waals surface area (Å²) in [4.78, 5) is 11.0. The van der Waals surface area contributed by atoms with Gasteiger partial charge in [0.1, 0.15) is 18.4 Å². The minimum atomic E-state index is -1.16. The normalized spacial score (nSPS) is 10.2. The van der Waals surface area contributed by atoms with Gasteiger partial charge in [0.15, 0.2) is 5.75 Å². The van der Waals surface area contributed by atoms with Crippen molar-refractivity contribution >= 4 is 5.97 Å². The van der Waals surface area contributed by atoms with E-state index in [0.717, 1.165) is 5.56 Å². The third-order valence-electron chi connectivity index (χ3n) is 2.85. The molecule has 0 aliphatic rings. The molecule has 1 aromatic carbocycles. The van der Waals surface area contributed by atoms with Gasteiger partial charge >= 0.3 is 5.97 Å². The van der Waals surface area contributed by atoms with Gasteiger partial charge in [-0.05, 0) is 18.2 Å². The molecule has 0 spiro atoms. The van der Waals surface area contributed by atoms with Crippen LogP contribution in [0.1, 0.15) is 10.4 Å². The van der Waals surface area contributed by atoms with E-state index in [-0.39, 0.29) is 11.3 Å². The summed E-state index contributed by atoms with van der Waals surface area (Å²) in [5.41, 5.74) is 1.36. The van der Waals surface area contributed by atoms with Gasteiger partial charge in [-0.3, -0.25) is 0 Å². The number of hydrogen-bond donors (Lipinski definition) is 2. The quantitative estimate of drug-likeness (QED) is 0.822. The summed E-state index contributed by atoms with van der Waals surface area (Å²) < 4.78 is 6.81. The Morgan fingerprint density at radius 2 is 2.05 bits per heavy atom. The second-order valence-electron chi connectivity index (χ2n) is 4.11. The Hall–Kier alpha value is -2.56. The number of carbonyl (C=O) groups is 1. The highest BCUT2D eigenvalue weighted by Crippen LogP contribution is 2.24. The summed E-state index contributed by atoms with van der Waals surface area (Å²) in [6.45, 7) is 0. The van der Waals surface area contributed by atoms with Crippen LogP contribution >= 0.6 is 0 Å². The molecule has 2 aromatic rings. The lowest BCUT2D eigenvalue weighted by Crippen LogP contribution is -2.31. The van der Waals surface area contributed by atoms with Crippen molar-refractivity contribution in [3.8, 4) is 22.8 Å². The molecule has 1 heterocycles. The predicted octanol–water partition coefficient (Wildman–Crippen LogP) is 1.59. The van der Waals surface area contributed by atoms with E-state index in [4.69, 9.17) is 9.84 Å². The smallest absolute Gasteiger partial charge is 0.339 e. The maximum Gasteiger partial charge on any atom is 0.339 e. The summed E-state index contributed by atoms with van der Waals surface area (Å²) in [5, 5.41) is 18.6. The fraction of sp³-hybridized carbons (Fsp3) is 0.143. The van der Waals surface area contributed by atoms with Gasteiger partial charge in [0.25, 0.3) is 0 Å². The molecule has 2 rings (SSSR count). The number of hydrogen-bond acceptors (Lipinski definition) is 3. The summed E-state index contributed by atoms with van der Waals surface area (Å²) in [6, 6.07) is 8.72. The van der Waals surface area contributed by atoms with Gasteiger partial charge < -0.3 is 14.9 Å². The number of nitrogens with zero attached hydrogens (tertiary/aromatic N) is 1. The van der Waals surface area contributed by atoms with Gasteiger partial charge in [-0.1, -0.05) is 6.07 Å². The van der Waals surface area contributed by atoms with Crippen molar-refractivity contribution in [2.45, 2.75) is 0 Å². The minimum Gasteiger partial charge on any atom is -0.502 e. The molecule has 0 saturated carbocycles. The number of aryl methyl sites for hydroxylation is 1. The lowest BCUT2D eigenvalue weighted by Gasteiger charge is -2.05. The highest BCUT2D eigenvalue weighted by atomic mass is 16.5. The maximum absolute atomic E-state index is 11.0. The monoisotopic (exact) mass is 260 g/mol. The molecule has 2 N–H and O–H groups in total. The summed E-state index contributed by atoms with van der Waals surface area (Å²) in [5.74, 6) is -0.744. The highest BCUT2D eigenvalue weighted by Gasteiger charge is 2.19. The average Bonchev–Trinajstić information content (AvgIpc) is 2.38.